The third kappa shape index (κ3) is 4.28. The van der Waals surface area contributed by atoms with Crippen molar-refractivity contribution in [3.05, 3.63) is 34.1 Å². The van der Waals surface area contributed by atoms with Crippen molar-refractivity contribution in [1.82, 2.24) is 5.32 Å². The highest BCUT2D eigenvalue weighted by Crippen LogP contribution is 2.38. The van der Waals surface area contributed by atoms with Crippen LogP contribution in [0.1, 0.15) is 45.6 Å². The lowest BCUT2D eigenvalue weighted by Gasteiger charge is -2.39. The van der Waals surface area contributed by atoms with Gasteiger partial charge in [0.1, 0.15) is 5.82 Å². The minimum atomic E-state index is -0.169. The first-order valence-electron chi connectivity index (χ1n) is 7.03. The molecule has 0 aliphatic heterocycles. The molecule has 1 nitrogen and oxygen atoms in total. The van der Waals surface area contributed by atoms with Gasteiger partial charge in [0.25, 0.3) is 0 Å². The van der Waals surface area contributed by atoms with E-state index in [1.54, 1.807) is 12.1 Å². The molecule has 1 fully saturated rings. The van der Waals surface area contributed by atoms with Gasteiger partial charge in [-0.1, -0.05) is 36.7 Å². The summed E-state index contributed by atoms with van der Waals surface area (Å²) in [4.78, 5) is 0. The number of halogens is 2. The monoisotopic (exact) mass is 327 g/mol. The van der Waals surface area contributed by atoms with E-state index in [0.717, 1.165) is 22.5 Å². The normalized spacial score (nSPS) is 26.4. The Balaban J connectivity index is 1.96. The SMILES string of the molecule is CC1CC(NCc2cc(F)ccc2Br)CC(C)(C)C1. The number of benzene rings is 1. The van der Waals surface area contributed by atoms with Crippen LogP contribution in [0.25, 0.3) is 0 Å². The van der Waals surface area contributed by atoms with Gasteiger partial charge in [-0.2, -0.15) is 0 Å². The molecule has 1 N–H and O–H groups in total. The van der Waals surface area contributed by atoms with Gasteiger partial charge >= 0.3 is 0 Å². The predicted octanol–water partition coefficient (Wildman–Crippen LogP) is 4.89. The molecule has 0 aromatic heterocycles. The summed E-state index contributed by atoms with van der Waals surface area (Å²) in [6.45, 7) is 7.74. The molecule has 0 radical (unpaired) electrons. The number of nitrogens with one attached hydrogen (secondary N) is 1. The van der Waals surface area contributed by atoms with Crippen molar-refractivity contribution < 1.29 is 4.39 Å². The minimum absolute atomic E-state index is 0.169. The first-order valence-corrected chi connectivity index (χ1v) is 7.82. The maximum atomic E-state index is 13.2. The molecule has 0 amide bonds. The Hall–Kier alpha value is -0.410. The van der Waals surface area contributed by atoms with Crippen LogP contribution >= 0.6 is 15.9 Å². The average Bonchev–Trinajstić information content (AvgIpc) is 2.28. The Kier molecular flexibility index (Phi) is 4.67. The van der Waals surface area contributed by atoms with Crippen molar-refractivity contribution in [2.24, 2.45) is 11.3 Å². The fourth-order valence-electron chi connectivity index (χ4n) is 3.43. The molecule has 1 aromatic rings. The van der Waals surface area contributed by atoms with Crippen LogP contribution in [-0.4, -0.2) is 6.04 Å². The molecule has 1 aliphatic carbocycles. The van der Waals surface area contributed by atoms with Crippen molar-refractivity contribution in [2.45, 2.75) is 52.6 Å². The molecule has 2 unspecified atom stereocenters. The van der Waals surface area contributed by atoms with Crippen LogP contribution in [0, 0.1) is 17.2 Å². The van der Waals surface area contributed by atoms with Crippen molar-refractivity contribution in [2.75, 3.05) is 0 Å². The molecule has 3 heteroatoms. The van der Waals surface area contributed by atoms with E-state index in [-0.39, 0.29) is 5.82 Å². The van der Waals surface area contributed by atoms with E-state index in [1.165, 1.54) is 25.3 Å². The zero-order valence-electron chi connectivity index (χ0n) is 12.0. The van der Waals surface area contributed by atoms with Gasteiger partial charge in [-0.15, -0.1) is 0 Å². The fourth-order valence-corrected chi connectivity index (χ4v) is 3.82. The van der Waals surface area contributed by atoms with E-state index in [4.69, 9.17) is 0 Å². The van der Waals surface area contributed by atoms with E-state index in [9.17, 15) is 4.39 Å². The largest absolute Gasteiger partial charge is 0.310 e. The van der Waals surface area contributed by atoms with Gasteiger partial charge in [0.2, 0.25) is 0 Å². The maximum Gasteiger partial charge on any atom is 0.123 e. The van der Waals surface area contributed by atoms with Crippen LogP contribution < -0.4 is 5.32 Å². The van der Waals surface area contributed by atoms with Crippen LogP contribution in [0.2, 0.25) is 0 Å². The lowest BCUT2D eigenvalue weighted by molar-refractivity contribution is 0.151. The number of hydrogen-bond acceptors (Lipinski definition) is 1. The molecule has 0 saturated heterocycles. The number of rotatable bonds is 3. The van der Waals surface area contributed by atoms with Crippen LogP contribution in [-0.2, 0) is 6.54 Å². The molecule has 106 valence electrons. The Morgan fingerprint density at radius 1 is 1.37 bits per heavy atom. The van der Waals surface area contributed by atoms with Crippen molar-refractivity contribution in [3.63, 3.8) is 0 Å². The standard InChI is InChI=1S/C16H23BrFN/c1-11-6-14(9-16(2,3)8-11)19-10-12-7-13(18)4-5-15(12)17/h4-5,7,11,14,19H,6,8-10H2,1-3H3. The second kappa shape index (κ2) is 5.92. The van der Waals surface area contributed by atoms with Crippen LogP contribution in [0.3, 0.4) is 0 Å². The fraction of sp³-hybridized carbons (Fsp3) is 0.625. The summed E-state index contributed by atoms with van der Waals surface area (Å²) in [6, 6.07) is 5.40. The Labute approximate surface area is 124 Å². The highest BCUT2D eigenvalue weighted by atomic mass is 79.9. The smallest absolute Gasteiger partial charge is 0.123 e. The first-order chi connectivity index (χ1) is 8.85. The lowest BCUT2D eigenvalue weighted by Crippen LogP contribution is -2.39. The molecule has 2 rings (SSSR count). The second-order valence-corrected chi connectivity index (χ2v) is 7.58. The van der Waals surface area contributed by atoms with E-state index < -0.39 is 0 Å². The van der Waals surface area contributed by atoms with Gasteiger partial charge in [-0.25, -0.2) is 4.39 Å². The van der Waals surface area contributed by atoms with Crippen LogP contribution in [0.15, 0.2) is 22.7 Å². The molecule has 1 aliphatic rings. The Morgan fingerprint density at radius 2 is 2.11 bits per heavy atom. The van der Waals surface area contributed by atoms with Gasteiger partial charge in [-0.05, 0) is 54.4 Å². The lowest BCUT2D eigenvalue weighted by atomic mass is 9.70. The van der Waals surface area contributed by atoms with E-state index in [0.29, 0.717) is 11.5 Å². The summed E-state index contributed by atoms with van der Waals surface area (Å²) in [5, 5.41) is 3.60. The Morgan fingerprint density at radius 3 is 2.79 bits per heavy atom. The summed E-state index contributed by atoms with van der Waals surface area (Å²) < 4.78 is 14.2. The molecule has 0 heterocycles. The van der Waals surface area contributed by atoms with Crippen molar-refractivity contribution in [3.8, 4) is 0 Å². The van der Waals surface area contributed by atoms with Crippen molar-refractivity contribution in [1.29, 1.82) is 0 Å². The molecule has 0 spiro atoms. The zero-order valence-corrected chi connectivity index (χ0v) is 13.6. The third-order valence-electron chi connectivity index (χ3n) is 3.98. The summed E-state index contributed by atoms with van der Waals surface area (Å²) in [6.07, 6.45) is 3.72. The highest BCUT2D eigenvalue weighted by Gasteiger charge is 2.31. The molecule has 19 heavy (non-hydrogen) atoms. The van der Waals surface area contributed by atoms with Gasteiger partial charge < -0.3 is 5.32 Å². The summed E-state index contributed by atoms with van der Waals surface area (Å²) in [5.74, 6) is 0.592. The molecule has 2 atom stereocenters. The van der Waals surface area contributed by atoms with Gasteiger partial charge in [0.05, 0.1) is 0 Å². The highest BCUT2D eigenvalue weighted by molar-refractivity contribution is 9.10. The quantitative estimate of drug-likeness (QED) is 0.833. The third-order valence-corrected chi connectivity index (χ3v) is 4.75. The summed E-state index contributed by atoms with van der Waals surface area (Å²) in [7, 11) is 0. The van der Waals surface area contributed by atoms with E-state index in [1.807, 2.05) is 0 Å². The van der Waals surface area contributed by atoms with Crippen LogP contribution in [0.5, 0.6) is 0 Å². The topological polar surface area (TPSA) is 12.0 Å². The van der Waals surface area contributed by atoms with E-state index >= 15 is 0 Å². The predicted molar refractivity (Wildman–Crippen MR) is 81.5 cm³/mol. The molecule has 1 saturated carbocycles. The second-order valence-electron chi connectivity index (χ2n) is 6.73. The molecular weight excluding hydrogens is 305 g/mol. The van der Waals surface area contributed by atoms with Gasteiger partial charge in [-0.3, -0.25) is 0 Å². The maximum absolute atomic E-state index is 13.2. The number of hydrogen-bond donors (Lipinski definition) is 1. The van der Waals surface area contributed by atoms with E-state index in [2.05, 4.69) is 42.0 Å². The van der Waals surface area contributed by atoms with Gasteiger partial charge in [0.15, 0.2) is 0 Å². The van der Waals surface area contributed by atoms with Crippen LogP contribution in [0.4, 0.5) is 4.39 Å². The molecule has 0 bridgehead atoms. The summed E-state index contributed by atoms with van der Waals surface area (Å²) >= 11 is 3.48. The zero-order chi connectivity index (χ0) is 14.0. The van der Waals surface area contributed by atoms with Gasteiger partial charge in [0, 0.05) is 17.1 Å². The minimum Gasteiger partial charge on any atom is -0.310 e. The molecule has 1 aromatic carbocycles. The summed E-state index contributed by atoms with van der Waals surface area (Å²) in [5.41, 5.74) is 1.41. The van der Waals surface area contributed by atoms with Crippen molar-refractivity contribution >= 4 is 15.9 Å². The molecular formula is C16H23BrFN. The average molecular weight is 328 g/mol. The Bertz CT molecular complexity index is 444. The first kappa shape index (κ1) is 15.0.